The minimum absolute atomic E-state index is 0.280. The van der Waals surface area contributed by atoms with E-state index in [1.54, 1.807) is 0 Å². The van der Waals surface area contributed by atoms with Crippen LogP contribution in [0.3, 0.4) is 0 Å². The molecule has 0 saturated carbocycles. The standard InChI is InChI=1S/C13H10N4/c1-3-11-9-14-7-8-15-10-12-4-2-6-17(12)13(14,15)16(11)5-1/h1-10H/q+2. The first kappa shape index (κ1) is 7.84. The summed E-state index contributed by atoms with van der Waals surface area (Å²) in [5.41, 5.74) is 2.46. The molecule has 5 heterocycles. The molecule has 4 heteroatoms. The third kappa shape index (κ3) is 0.619. The summed E-state index contributed by atoms with van der Waals surface area (Å²) >= 11 is 0. The number of hydrogen-bond donors (Lipinski definition) is 0. The zero-order valence-electron chi connectivity index (χ0n) is 9.06. The summed E-state index contributed by atoms with van der Waals surface area (Å²) in [5, 5.41) is 0. The van der Waals surface area contributed by atoms with Crippen LogP contribution in [0.2, 0.25) is 0 Å². The van der Waals surface area contributed by atoms with E-state index >= 15 is 0 Å². The van der Waals surface area contributed by atoms with Gasteiger partial charge in [-0.1, -0.05) is 9.15 Å². The maximum absolute atomic E-state index is 2.29. The normalized spacial score (nSPS) is 20.7. The molecule has 0 aromatic carbocycles. The van der Waals surface area contributed by atoms with E-state index in [4.69, 9.17) is 0 Å². The molecule has 0 atom stereocenters. The first-order valence-corrected chi connectivity index (χ1v) is 5.71. The first-order valence-electron chi connectivity index (χ1n) is 5.71. The van der Waals surface area contributed by atoms with E-state index in [2.05, 4.69) is 79.8 Å². The van der Waals surface area contributed by atoms with Gasteiger partial charge in [-0.15, -0.1) is 0 Å². The fourth-order valence-electron chi connectivity index (χ4n) is 3.18. The monoisotopic (exact) mass is 222 g/mol. The number of aromatic nitrogens is 2. The highest BCUT2D eigenvalue weighted by molar-refractivity contribution is 5.78. The number of fused-ring (bicyclic) bond motifs is 2. The van der Waals surface area contributed by atoms with Crippen molar-refractivity contribution in [3.63, 3.8) is 0 Å². The highest BCUT2D eigenvalue weighted by Gasteiger charge is 2.66. The van der Waals surface area contributed by atoms with Gasteiger partial charge in [0, 0.05) is 12.4 Å². The van der Waals surface area contributed by atoms with Crippen molar-refractivity contribution >= 4 is 12.4 Å². The van der Waals surface area contributed by atoms with Gasteiger partial charge < -0.3 is 0 Å². The van der Waals surface area contributed by atoms with Crippen LogP contribution in [0.1, 0.15) is 11.4 Å². The van der Waals surface area contributed by atoms with Crippen molar-refractivity contribution in [3.8, 4) is 0 Å². The molecular weight excluding hydrogens is 212 g/mol. The Morgan fingerprint density at radius 2 is 1.35 bits per heavy atom. The van der Waals surface area contributed by atoms with Crippen molar-refractivity contribution in [3.05, 3.63) is 60.4 Å². The van der Waals surface area contributed by atoms with Crippen LogP contribution in [0, 0.1) is 0 Å². The Kier molecular flexibility index (Phi) is 1.00. The molecule has 2 aromatic heterocycles. The van der Waals surface area contributed by atoms with Crippen LogP contribution in [0.5, 0.6) is 0 Å². The van der Waals surface area contributed by atoms with Crippen molar-refractivity contribution in [1.82, 2.24) is 9.13 Å². The van der Waals surface area contributed by atoms with Gasteiger partial charge in [0.05, 0.1) is 0 Å². The minimum Gasteiger partial charge on any atom is -0.200 e. The second-order valence-electron chi connectivity index (χ2n) is 4.58. The van der Waals surface area contributed by atoms with E-state index in [0.717, 1.165) is 0 Å². The third-order valence-electron chi connectivity index (χ3n) is 3.83. The van der Waals surface area contributed by atoms with Crippen LogP contribution >= 0.6 is 0 Å². The fourth-order valence-corrected chi connectivity index (χ4v) is 3.18. The van der Waals surface area contributed by atoms with Crippen LogP contribution < -0.4 is 0 Å². The average Bonchev–Trinajstić information content (AvgIpc) is 3.00. The Morgan fingerprint density at radius 3 is 1.88 bits per heavy atom. The molecule has 0 radical (unpaired) electrons. The van der Waals surface area contributed by atoms with Crippen LogP contribution in [-0.4, -0.2) is 30.7 Å². The largest absolute Gasteiger partial charge is 0.551 e. The van der Waals surface area contributed by atoms with Crippen molar-refractivity contribution < 1.29 is 9.15 Å². The van der Waals surface area contributed by atoms with Gasteiger partial charge in [0.2, 0.25) is 24.8 Å². The molecule has 3 aliphatic rings. The van der Waals surface area contributed by atoms with Gasteiger partial charge in [-0.05, 0) is 24.3 Å². The average molecular weight is 222 g/mol. The van der Waals surface area contributed by atoms with Crippen molar-refractivity contribution in [2.24, 2.45) is 0 Å². The van der Waals surface area contributed by atoms with E-state index in [-0.39, 0.29) is 5.91 Å². The molecule has 0 fully saturated rings. The molecule has 5 rings (SSSR count). The SMILES string of the molecule is C1=C[N+]2=Cc3cccn3C23n2cccc2C=[N+]13. The lowest BCUT2D eigenvalue weighted by molar-refractivity contribution is -0.782. The zero-order chi connectivity index (χ0) is 11.0. The molecule has 1 spiro atoms. The van der Waals surface area contributed by atoms with Crippen molar-refractivity contribution in [1.29, 1.82) is 0 Å². The van der Waals surface area contributed by atoms with Crippen molar-refractivity contribution in [2.75, 3.05) is 0 Å². The van der Waals surface area contributed by atoms with Gasteiger partial charge in [-0.3, -0.25) is 0 Å². The quantitative estimate of drug-likeness (QED) is 0.586. The Morgan fingerprint density at radius 1 is 0.824 bits per heavy atom. The molecule has 0 unspecified atom stereocenters. The predicted octanol–water partition coefficient (Wildman–Crippen LogP) is 0.780. The molecule has 2 aromatic rings. The summed E-state index contributed by atoms with van der Waals surface area (Å²) in [4.78, 5) is 0. The Balaban J connectivity index is 2.00. The molecular formula is C13H10N4+2. The number of rotatable bonds is 0. The lowest BCUT2D eigenvalue weighted by Gasteiger charge is -2.16. The zero-order valence-corrected chi connectivity index (χ0v) is 9.06. The summed E-state index contributed by atoms with van der Waals surface area (Å²) in [6.45, 7) is 0. The van der Waals surface area contributed by atoms with Gasteiger partial charge in [-0.25, -0.2) is 9.13 Å². The highest BCUT2D eigenvalue weighted by Crippen LogP contribution is 2.36. The van der Waals surface area contributed by atoms with Gasteiger partial charge in [0.15, 0.2) is 0 Å². The molecule has 0 N–H and O–H groups in total. The summed E-state index contributed by atoms with van der Waals surface area (Å²) in [5.74, 6) is -0.280. The van der Waals surface area contributed by atoms with Crippen molar-refractivity contribution in [2.45, 2.75) is 5.91 Å². The molecule has 4 nitrogen and oxygen atoms in total. The van der Waals surface area contributed by atoms with E-state index in [9.17, 15) is 0 Å². The molecule has 0 amide bonds. The molecule has 3 aliphatic heterocycles. The minimum atomic E-state index is -0.280. The van der Waals surface area contributed by atoms with Crippen LogP contribution in [-0.2, 0) is 5.91 Å². The van der Waals surface area contributed by atoms with Crippen LogP contribution in [0.4, 0.5) is 0 Å². The maximum Gasteiger partial charge on any atom is 0.551 e. The second-order valence-corrected chi connectivity index (χ2v) is 4.58. The molecule has 17 heavy (non-hydrogen) atoms. The second kappa shape index (κ2) is 2.18. The number of hydrogen-bond acceptors (Lipinski definition) is 0. The smallest absolute Gasteiger partial charge is 0.200 e. The van der Waals surface area contributed by atoms with Gasteiger partial charge in [-0.2, -0.15) is 0 Å². The van der Waals surface area contributed by atoms with E-state index in [1.807, 2.05) is 0 Å². The first-order chi connectivity index (χ1) is 8.40. The fraction of sp³-hybridized carbons (Fsp3) is 0.0769. The van der Waals surface area contributed by atoms with E-state index in [0.29, 0.717) is 0 Å². The van der Waals surface area contributed by atoms with Gasteiger partial charge in [0.25, 0.3) is 0 Å². The summed E-state index contributed by atoms with van der Waals surface area (Å²) in [6.07, 6.45) is 12.9. The van der Waals surface area contributed by atoms with Gasteiger partial charge >= 0.3 is 5.91 Å². The van der Waals surface area contributed by atoms with E-state index < -0.39 is 0 Å². The molecule has 80 valence electrons. The van der Waals surface area contributed by atoms with Crippen LogP contribution in [0.15, 0.2) is 49.1 Å². The lowest BCUT2D eigenvalue weighted by atomic mass is 10.5. The summed E-state index contributed by atoms with van der Waals surface area (Å²) < 4.78 is 9.07. The third-order valence-corrected chi connectivity index (χ3v) is 3.83. The Bertz CT molecular complexity index is 690. The predicted molar refractivity (Wildman–Crippen MR) is 62.2 cm³/mol. The highest BCUT2D eigenvalue weighted by atomic mass is 15.6. The Hall–Kier alpha value is -2.36. The summed E-state index contributed by atoms with van der Waals surface area (Å²) in [6, 6.07) is 8.47. The van der Waals surface area contributed by atoms with Crippen LogP contribution in [0.25, 0.3) is 0 Å². The maximum atomic E-state index is 2.29. The topological polar surface area (TPSA) is 15.9 Å². The Labute approximate surface area is 97.7 Å². The lowest BCUT2D eigenvalue weighted by Crippen LogP contribution is -2.47. The molecule has 0 bridgehead atoms. The van der Waals surface area contributed by atoms with Gasteiger partial charge in [0.1, 0.15) is 11.4 Å². The summed E-state index contributed by atoms with van der Waals surface area (Å²) in [7, 11) is 0. The molecule has 0 saturated heterocycles. The van der Waals surface area contributed by atoms with E-state index in [1.165, 1.54) is 11.4 Å². The number of nitrogens with zero attached hydrogens (tertiary/aromatic N) is 4. The molecule has 0 aliphatic carbocycles.